The first-order chi connectivity index (χ1) is 8.04. The molecule has 0 bridgehead atoms. The summed E-state index contributed by atoms with van der Waals surface area (Å²) in [6.45, 7) is 1.27. The molecule has 0 N–H and O–H groups in total. The van der Waals surface area contributed by atoms with E-state index in [2.05, 4.69) is 31.9 Å². The molecule has 17 heavy (non-hydrogen) atoms. The highest BCUT2D eigenvalue weighted by atomic mass is 79.9. The molecule has 1 aliphatic heterocycles. The minimum Gasteiger partial charge on any atom is -0.206 e. The van der Waals surface area contributed by atoms with E-state index in [0.29, 0.717) is 23.2 Å². The average molecular weight is 403 g/mol. The Morgan fingerprint density at radius 1 is 1.47 bits per heavy atom. The fourth-order valence-corrected chi connectivity index (χ4v) is 6.18. The summed E-state index contributed by atoms with van der Waals surface area (Å²) in [7, 11) is -3.28. The zero-order valence-electron chi connectivity index (χ0n) is 9.10. The fourth-order valence-electron chi connectivity index (χ4n) is 1.93. The molecule has 1 fully saturated rings. The first kappa shape index (κ1) is 14.0. The van der Waals surface area contributed by atoms with Crippen LogP contribution in [0.5, 0.6) is 0 Å². The van der Waals surface area contributed by atoms with Crippen LogP contribution in [0, 0.1) is 5.92 Å². The zero-order valence-corrected chi connectivity index (χ0v) is 13.9. The number of halogens is 2. The zero-order chi connectivity index (χ0) is 12.5. The summed E-state index contributed by atoms with van der Waals surface area (Å²) in [5, 5.41) is 0.868. The van der Waals surface area contributed by atoms with E-state index in [1.165, 1.54) is 11.3 Å². The van der Waals surface area contributed by atoms with Gasteiger partial charge in [-0.05, 0) is 46.8 Å². The van der Waals surface area contributed by atoms with E-state index in [1.54, 1.807) is 16.4 Å². The molecular weight excluding hydrogens is 390 g/mol. The molecule has 2 heterocycles. The summed E-state index contributed by atoms with van der Waals surface area (Å²) in [4.78, 5) is 0. The number of hydrogen-bond donors (Lipinski definition) is 0. The Morgan fingerprint density at radius 2 is 2.24 bits per heavy atom. The molecular formula is C10H13Br2NO2S2. The van der Waals surface area contributed by atoms with Gasteiger partial charge in [0, 0.05) is 18.4 Å². The molecule has 0 radical (unpaired) electrons. The fraction of sp³-hybridized carbons (Fsp3) is 0.600. The van der Waals surface area contributed by atoms with Gasteiger partial charge in [0.05, 0.1) is 3.79 Å². The highest BCUT2D eigenvalue weighted by Gasteiger charge is 2.30. The topological polar surface area (TPSA) is 37.4 Å². The van der Waals surface area contributed by atoms with Crippen molar-refractivity contribution in [2.45, 2.75) is 17.1 Å². The van der Waals surface area contributed by atoms with Crippen molar-refractivity contribution in [2.75, 3.05) is 18.4 Å². The van der Waals surface area contributed by atoms with Crippen LogP contribution in [0.4, 0.5) is 0 Å². The lowest BCUT2D eigenvalue weighted by molar-refractivity contribution is 0.286. The first-order valence-corrected chi connectivity index (χ1v) is 9.52. The standard InChI is InChI=1S/C10H13Br2NO2S2/c11-6-8-2-1-5-13(7-8)17(14,15)10-4-3-9(12)16-10/h3-4,8H,1-2,5-7H2. The largest absolute Gasteiger partial charge is 0.252 e. The monoisotopic (exact) mass is 401 g/mol. The molecule has 2 rings (SSSR count). The van der Waals surface area contributed by atoms with Crippen molar-refractivity contribution in [3.05, 3.63) is 15.9 Å². The third-order valence-corrected chi connectivity index (χ3v) is 7.71. The Morgan fingerprint density at radius 3 is 2.82 bits per heavy atom. The van der Waals surface area contributed by atoms with E-state index >= 15 is 0 Å². The second-order valence-electron chi connectivity index (χ2n) is 4.08. The van der Waals surface area contributed by atoms with E-state index in [-0.39, 0.29) is 0 Å². The predicted molar refractivity (Wildman–Crippen MR) is 77.3 cm³/mol. The molecule has 1 aliphatic rings. The molecule has 1 aromatic rings. The predicted octanol–water partition coefficient (Wildman–Crippen LogP) is 3.31. The van der Waals surface area contributed by atoms with Crippen LogP contribution in [0.3, 0.4) is 0 Å². The molecule has 96 valence electrons. The van der Waals surface area contributed by atoms with Gasteiger partial charge in [0.25, 0.3) is 10.0 Å². The van der Waals surface area contributed by atoms with Crippen molar-refractivity contribution in [2.24, 2.45) is 5.92 Å². The van der Waals surface area contributed by atoms with Gasteiger partial charge in [0.1, 0.15) is 4.21 Å². The summed E-state index contributed by atoms with van der Waals surface area (Å²) in [5.41, 5.74) is 0. The normalized spacial score (nSPS) is 22.8. The summed E-state index contributed by atoms with van der Waals surface area (Å²) in [6, 6.07) is 3.45. The summed E-state index contributed by atoms with van der Waals surface area (Å²) in [6.07, 6.45) is 2.05. The Labute approximate surface area is 123 Å². The maximum absolute atomic E-state index is 12.4. The van der Waals surface area contributed by atoms with E-state index in [0.717, 1.165) is 22.0 Å². The number of nitrogens with zero attached hydrogens (tertiary/aromatic N) is 1. The van der Waals surface area contributed by atoms with Gasteiger partial charge in [-0.15, -0.1) is 11.3 Å². The molecule has 7 heteroatoms. The van der Waals surface area contributed by atoms with E-state index in [9.17, 15) is 8.42 Å². The lowest BCUT2D eigenvalue weighted by atomic mass is 10.0. The van der Waals surface area contributed by atoms with Crippen LogP contribution < -0.4 is 0 Å². The van der Waals surface area contributed by atoms with Gasteiger partial charge in [-0.3, -0.25) is 0 Å². The van der Waals surface area contributed by atoms with Crippen molar-refractivity contribution < 1.29 is 8.42 Å². The molecule has 1 saturated heterocycles. The molecule has 0 aliphatic carbocycles. The summed E-state index contributed by atoms with van der Waals surface area (Å²) >= 11 is 8.01. The van der Waals surface area contributed by atoms with Gasteiger partial charge in [0.2, 0.25) is 0 Å². The molecule has 1 unspecified atom stereocenters. The van der Waals surface area contributed by atoms with E-state index in [1.807, 2.05) is 0 Å². The van der Waals surface area contributed by atoms with Crippen molar-refractivity contribution in [1.82, 2.24) is 4.31 Å². The Hall–Kier alpha value is 0.570. The van der Waals surface area contributed by atoms with Crippen LogP contribution in [0.1, 0.15) is 12.8 Å². The Bertz CT molecular complexity index is 486. The number of sulfonamides is 1. The third-order valence-electron chi connectivity index (χ3n) is 2.84. The number of hydrogen-bond acceptors (Lipinski definition) is 3. The highest BCUT2D eigenvalue weighted by Crippen LogP contribution is 2.31. The Balaban J connectivity index is 2.21. The minimum absolute atomic E-state index is 0.430. The van der Waals surface area contributed by atoms with E-state index in [4.69, 9.17) is 0 Å². The van der Waals surface area contributed by atoms with E-state index < -0.39 is 10.0 Å². The number of thiophene rings is 1. The SMILES string of the molecule is O=S(=O)(c1ccc(Br)s1)N1CCCC(CBr)C1. The van der Waals surface area contributed by atoms with Crippen LogP contribution in [0.15, 0.2) is 20.1 Å². The van der Waals surface area contributed by atoms with Crippen molar-refractivity contribution in [3.63, 3.8) is 0 Å². The summed E-state index contributed by atoms with van der Waals surface area (Å²) < 4.78 is 27.6. The van der Waals surface area contributed by atoms with Crippen LogP contribution in [0.2, 0.25) is 0 Å². The lowest BCUT2D eigenvalue weighted by Crippen LogP contribution is -2.40. The van der Waals surface area contributed by atoms with Crippen molar-refractivity contribution in [1.29, 1.82) is 0 Å². The smallest absolute Gasteiger partial charge is 0.206 e. The van der Waals surface area contributed by atoms with Crippen molar-refractivity contribution in [3.8, 4) is 0 Å². The maximum Gasteiger partial charge on any atom is 0.252 e. The minimum atomic E-state index is -3.28. The van der Waals surface area contributed by atoms with Gasteiger partial charge in [-0.1, -0.05) is 15.9 Å². The maximum atomic E-state index is 12.4. The van der Waals surface area contributed by atoms with Crippen LogP contribution in [0.25, 0.3) is 0 Å². The number of rotatable bonds is 3. The quantitative estimate of drug-likeness (QED) is 0.727. The van der Waals surface area contributed by atoms with Gasteiger partial charge in [0.15, 0.2) is 0 Å². The van der Waals surface area contributed by atoms with Crippen LogP contribution >= 0.6 is 43.2 Å². The molecule has 3 nitrogen and oxygen atoms in total. The van der Waals surface area contributed by atoms with Gasteiger partial charge in [-0.2, -0.15) is 4.31 Å². The average Bonchev–Trinajstić information content (AvgIpc) is 2.76. The third kappa shape index (κ3) is 3.12. The first-order valence-electron chi connectivity index (χ1n) is 5.35. The molecule has 0 saturated carbocycles. The van der Waals surface area contributed by atoms with Gasteiger partial charge < -0.3 is 0 Å². The van der Waals surface area contributed by atoms with Crippen LogP contribution in [-0.2, 0) is 10.0 Å². The molecule has 1 atom stereocenters. The second kappa shape index (κ2) is 5.69. The molecule has 0 amide bonds. The number of piperidine rings is 1. The summed E-state index contributed by atoms with van der Waals surface area (Å²) in [5.74, 6) is 0.432. The molecule has 1 aromatic heterocycles. The molecule has 0 aromatic carbocycles. The van der Waals surface area contributed by atoms with Gasteiger partial charge in [-0.25, -0.2) is 8.42 Å². The molecule has 0 spiro atoms. The highest BCUT2D eigenvalue weighted by molar-refractivity contribution is 9.11. The Kier molecular flexibility index (Phi) is 4.68. The number of alkyl halides is 1. The second-order valence-corrected chi connectivity index (χ2v) is 9.36. The lowest BCUT2D eigenvalue weighted by Gasteiger charge is -2.30. The van der Waals surface area contributed by atoms with Gasteiger partial charge >= 0.3 is 0 Å². The van der Waals surface area contributed by atoms with Crippen molar-refractivity contribution >= 4 is 53.2 Å². The van der Waals surface area contributed by atoms with Crippen LogP contribution in [-0.4, -0.2) is 31.1 Å².